The van der Waals surface area contributed by atoms with E-state index in [9.17, 15) is 19.5 Å². The van der Waals surface area contributed by atoms with E-state index in [0.29, 0.717) is 32.3 Å². The minimum atomic E-state index is -1.22. The molecule has 0 radical (unpaired) electrons. The Kier molecular flexibility index (Phi) is 5.11. The number of ether oxygens (including phenoxy) is 2. The largest absolute Gasteiger partial charge is 0.481 e. The number of hydrogen-bond donors (Lipinski definition) is 3. The van der Waals surface area contributed by atoms with Gasteiger partial charge in [-0.15, -0.1) is 0 Å². The lowest BCUT2D eigenvalue weighted by Gasteiger charge is -2.29. The van der Waals surface area contributed by atoms with Crippen molar-refractivity contribution < 1.29 is 29.0 Å². The Bertz CT molecular complexity index is 1160. The van der Waals surface area contributed by atoms with Crippen molar-refractivity contribution in [3.8, 4) is 11.1 Å². The number of fused-ring (bicyclic) bond motifs is 4. The van der Waals surface area contributed by atoms with E-state index < -0.39 is 23.0 Å². The molecule has 1 heterocycles. The summed E-state index contributed by atoms with van der Waals surface area (Å²) in [6, 6.07) is 16.0. The van der Waals surface area contributed by atoms with Crippen LogP contribution < -0.4 is 10.6 Å². The molecule has 4 atom stereocenters. The van der Waals surface area contributed by atoms with Crippen LogP contribution in [0.3, 0.4) is 0 Å². The van der Waals surface area contributed by atoms with Gasteiger partial charge in [0, 0.05) is 25.0 Å². The number of carboxylic acids is 1. The molecule has 1 aliphatic heterocycles. The van der Waals surface area contributed by atoms with E-state index in [1.54, 1.807) is 0 Å². The molecule has 35 heavy (non-hydrogen) atoms. The molecule has 3 N–H and O–H groups in total. The van der Waals surface area contributed by atoms with Crippen molar-refractivity contribution in [3.05, 3.63) is 59.7 Å². The fourth-order valence-electron chi connectivity index (χ4n) is 6.32. The Morgan fingerprint density at radius 2 is 1.71 bits per heavy atom. The maximum Gasteiger partial charge on any atom is 0.408 e. The predicted molar refractivity (Wildman–Crippen MR) is 126 cm³/mol. The highest BCUT2D eigenvalue weighted by molar-refractivity contribution is 5.91. The predicted octanol–water partition coefficient (Wildman–Crippen LogP) is 3.05. The number of rotatable bonds is 6. The summed E-state index contributed by atoms with van der Waals surface area (Å²) < 4.78 is 11.1. The zero-order chi connectivity index (χ0) is 24.2. The van der Waals surface area contributed by atoms with Crippen LogP contribution in [0.2, 0.25) is 0 Å². The standard InChI is InChI=1S/C27H28N2O6/c30-23(28-17-11-16-12-26(16,13-17)24(31)32)27(9-10-34-15-27)29-25(33)35-14-22-20-7-3-1-5-18(20)19-6-2-4-8-21(19)22/h1-8,16-17,22H,9-15H2,(H,28,30)(H,29,33)(H,31,32)/t16-,17+,26+,27?/m0/s1. The van der Waals surface area contributed by atoms with Gasteiger partial charge in [0.2, 0.25) is 5.91 Å². The second-order valence-corrected chi connectivity index (χ2v) is 10.3. The van der Waals surface area contributed by atoms with Crippen molar-refractivity contribution in [2.24, 2.45) is 11.3 Å². The normalized spacial score (nSPS) is 30.2. The summed E-state index contributed by atoms with van der Waals surface area (Å²) in [5, 5.41) is 15.3. The number of benzene rings is 2. The molecule has 8 heteroatoms. The van der Waals surface area contributed by atoms with Crippen LogP contribution in [0, 0.1) is 11.3 Å². The van der Waals surface area contributed by atoms with Crippen LogP contribution in [0.1, 0.15) is 42.7 Å². The average molecular weight is 477 g/mol. The van der Waals surface area contributed by atoms with Crippen molar-refractivity contribution in [2.75, 3.05) is 19.8 Å². The minimum absolute atomic E-state index is 0.0588. The first-order chi connectivity index (χ1) is 16.9. The lowest BCUT2D eigenvalue weighted by atomic mass is 9.96. The number of alkyl carbamates (subject to hydrolysis) is 1. The van der Waals surface area contributed by atoms with Gasteiger partial charge in [0.1, 0.15) is 12.1 Å². The first-order valence-electron chi connectivity index (χ1n) is 12.2. The molecular weight excluding hydrogens is 448 g/mol. The molecule has 6 rings (SSSR count). The molecule has 0 spiro atoms. The van der Waals surface area contributed by atoms with Gasteiger partial charge in [-0.25, -0.2) is 4.79 Å². The summed E-state index contributed by atoms with van der Waals surface area (Å²) in [5.41, 5.74) is 2.62. The van der Waals surface area contributed by atoms with Crippen LogP contribution in [0.4, 0.5) is 4.79 Å². The Morgan fingerprint density at radius 1 is 1.03 bits per heavy atom. The van der Waals surface area contributed by atoms with Gasteiger partial charge in [0.05, 0.1) is 12.0 Å². The molecule has 3 fully saturated rings. The van der Waals surface area contributed by atoms with E-state index >= 15 is 0 Å². The summed E-state index contributed by atoms with van der Waals surface area (Å²) in [4.78, 5) is 37.7. The van der Waals surface area contributed by atoms with Crippen molar-refractivity contribution >= 4 is 18.0 Å². The molecule has 2 aromatic rings. The van der Waals surface area contributed by atoms with Gasteiger partial charge in [-0.3, -0.25) is 9.59 Å². The summed E-state index contributed by atoms with van der Waals surface area (Å²) in [5.74, 6) is -1.07. The van der Waals surface area contributed by atoms with E-state index in [0.717, 1.165) is 22.3 Å². The molecule has 2 aromatic carbocycles. The van der Waals surface area contributed by atoms with E-state index in [2.05, 4.69) is 34.9 Å². The van der Waals surface area contributed by atoms with Crippen LogP contribution in [0.25, 0.3) is 11.1 Å². The first kappa shape index (κ1) is 22.1. The quantitative estimate of drug-likeness (QED) is 0.591. The van der Waals surface area contributed by atoms with Crippen LogP contribution >= 0.6 is 0 Å². The molecule has 4 aliphatic rings. The van der Waals surface area contributed by atoms with Gasteiger partial charge in [-0.1, -0.05) is 48.5 Å². The van der Waals surface area contributed by atoms with Gasteiger partial charge >= 0.3 is 12.1 Å². The van der Waals surface area contributed by atoms with Crippen molar-refractivity contribution in [1.29, 1.82) is 0 Å². The van der Waals surface area contributed by atoms with E-state index in [4.69, 9.17) is 9.47 Å². The Hall–Kier alpha value is -3.39. The first-order valence-corrected chi connectivity index (χ1v) is 12.2. The van der Waals surface area contributed by atoms with Gasteiger partial charge in [-0.05, 0) is 47.4 Å². The van der Waals surface area contributed by atoms with E-state index in [-0.39, 0.29) is 37.0 Å². The van der Waals surface area contributed by atoms with Gasteiger partial charge in [0.25, 0.3) is 0 Å². The smallest absolute Gasteiger partial charge is 0.408 e. The van der Waals surface area contributed by atoms with Crippen LogP contribution in [-0.4, -0.2) is 54.5 Å². The highest BCUT2D eigenvalue weighted by Crippen LogP contribution is 2.63. The SMILES string of the molecule is O=C(NC1(C(=O)N[C@@H]2C[C@H]3C[C@@]3(C(=O)O)C2)CCOC1)OCC1c2ccccc2-c2ccccc21. The molecule has 1 unspecified atom stereocenters. The third-order valence-electron chi connectivity index (χ3n) is 8.31. The minimum Gasteiger partial charge on any atom is -0.481 e. The summed E-state index contributed by atoms with van der Waals surface area (Å²) in [7, 11) is 0. The highest BCUT2D eigenvalue weighted by Gasteiger charge is 2.66. The van der Waals surface area contributed by atoms with Crippen LogP contribution in [-0.2, 0) is 19.1 Å². The van der Waals surface area contributed by atoms with Gasteiger partial charge in [0.15, 0.2) is 0 Å². The molecule has 2 saturated carbocycles. The highest BCUT2D eigenvalue weighted by atomic mass is 16.6. The second kappa shape index (κ2) is 8.09. The Labute approximate surface area is 203 Å². The zero-order valence-electron chi connectivity index (χ0n) is 19.3. The average Bonchev–Trinajstić information content (AvgIpc) is 3.18. The number of amides is 2. The number of carboxylic acid groups (broad SMARTS) is 1. The van der Waals surface area contributed by atoms with Crippen molar-refractivity contribution in [1.82, 2.24) is 10.6 Å². The Balaban J connectivity index is 1.11. The van der Waals surface area contributed by atoms with Gasteiger partial charge in [-0.2, -0.15) is 0 Å². The third-order valence-corrected chi connectivity index (χ3v) is 8.31. The van der Waals surface area contributed by atoms with Gasteiger partial charge < -0.3 is 25.2 Å². The Morgan fingerprint density at radius 3 is 2.31 bits per heavy atom. The molecule has 182 valence electrons. The molecular formula is C27H28N2O6. The topological polar surface area (TPSA) is 114 Å². The molecule has 3 aliphatic carbocycles. The van der Waals surface area contributed by atoms with Crippen molar-refractivity contribution in [3.63, 3.8) is 0 Å². The maximum absolute atomic E-state index is 13.2. The second-order valence-electron chi connectivity index (χ2n) is 10.3. The molecule has 2 amide bonds. The lowest BCUT2D eigenvalue weighted by Crippen LogP contribution is -2.61. The number of hydrogen-bond acceptors (Lipinski definition) is 5. The van der Waals surface area contributed by atoms with E-state index in [1.165, 1.54) is 0 Å². The summed E-state index contributed by atoms with van der Waals surface area (Å²) >= 11 is 0. The fourth-order valence-corrected chi connectivity index (χ4v) is 6.32. The van der Waals surface area contributed by atoms with Crippen LogP contribution in [0.15, 0.2) is 48.5 Å². The maximum atomic E-state index is 13.2. The number of carbonyl (C=O) groups excluding carboxylic acids is 2. The molecule has 0 bridgehead atoms. The summed E-state index contributed by atoms with van der Waals surface area (Å²) in [6.07, 6.45) is 1.44. The fraction of sp³-hybridized carbons (Fsp3) is 0.444. The monoisotopic (exact) mass is 476 g/mol. The molecule has 1 saturated heterocycles. The zero-order valence-corrected chi connectivity index (χ0v) is 19.3. The summed E-state index contributed by atoms with van der Waals surface area (Å²) in [6.45, 7) is 0.566. The van der Waals surface area contributed by atoms with Crippen LogP contribution in [0.5, 0.6) is 0 Å². The molecule has 8 nitrogen and oxygen atoms in total. The van der Waals surface area contributed by atoms with Crippen molar-refractivity contribution in [2.45, 2.75) is 43.2 Å². The number of aliphatic carboxylic acids is 1. The number of carbonyl (C=O) groups is 3. The molecule has 0 aromatic heterocycles. The third kappa shape index (κ3) is 3.58. The lowest BCUT2D eigenvalue weighted by molar-refractivity contribution is -0.144. The van der Waals surface area contributed by atoms with E-state index in [1.807, 2.05) is 24.3 Å². The number of nitrogens with one attached hydrogen (secondary N) is 2.